The Morgan fingerprint density at radius 3 is 2.65 bits per heavy atom. The quantitative estimate of drug-likeness (QED) is 0.732. The van der Waals surface area contributed by atoms with Crippen LogP contribution in [-0.2, 0) is 11.3 Å². The molecule has 1 unspecified atom stereocenters. The van der Waals surface area contributed by atoms with E-state index in [1.165, 1.54) is 12.3 Å². The number of carbonyl (C=O) groups excluding carboxylic acids is 3. The van der Waals surface area contributed by atoms with Crippen LogP contribution in [0.2, 0.25) is 0 Å². The van der Waals surface area contributed by atoms with E-state index in [9.17, 15) is 14.4 Å². The second-order valence-electron chi connectivity index (χ2n) is 4.95. The zero-order chi connectivity index (χ0) is 16.8. The molecule has 120 valence electrons. The maximum atomic E-state index is 12.0. The van der Waals surface area contributed by atoms with E-state index < -0.39 is 17.9 Å². The molecule has 0 aliphatic heterocycles. The van der Waals surface area contributed by atoms with E-state index in [2.05, 4.69) is 10.6 Å². The van der Waals surface area contributed by atoms with Crippen LogP contribution in [0.25, 0.3) is 0 Å². The summed E-state index contributed by atoms with van der Waals surface area (Å²) in [5, 5.41) is 5.21. The summed E-state index contributed by atoms with van der Waals surface area (Å²) in [7, 11) is 0. The van der Waals surface area contributed by atoms with Gasteiger partial charge in [0.2, 0.25) is 11.8 Å². The normalized spacial score (nSPS) is 11.5. The van der Waals surface area contributed by atoms with Gasteiger partial charge in [-0.2, -0.15) is 0 Å². The predicted octanol–water partition coefficient (Wildman–Crippen LogP) is 0.813. The molecule has 0 aliphatic rings. The van der Waals surface area contributed by atoms with E-state index in [1.807, 2.05) is 0 Å². The zero-order valence-corrected chi connectivity index (χ0v) is 12.5. The molecule has 3 amide bonds. The van der Waals surface area contributed by atoms with Crippen LogP contribution in [0.5, 0.6) is 0 Å². The summed E-state index contributed by atoms with van der Waals surface area (Å²) in [5.41, 5.74) is 6.31. The first-order chi connectivity index (χ1) is 11.0. The minimum atomic E-state index is -0.730. The molecule has 2 aromatic rings. The Labute approximate surface area is 132 Å². The lowest BCUT2D eigenvalue weighted by atomic mass is 10.1. The van der Waals surface area contributed by atoms with Gasteiger partial charge in [-0.25, -0.2) is 0 Å². The largest absolute Gasteiger partial charge is 0.459 e. The summed E-state index contributed by atoms with van der Waals surface area (Å²) in [6, 6.07) is 9.02. The van der Waals surface area contributed by atoms with Gasteiger partial charge >= 0.3 is 0 Å². The monoisotopic (exact) mass is 315 g/mol. The molecule has 1 atom stereocenters. The molecule has 23 heavy (non-hydrogen) atoms. The summed E-state index contributed by atoms with van der Waals surface area (Å²) in [5.74, 6) is -1.21. The summed E-state index contributed by atoms with van der Waals surface area (Å²) in [4.78, 5) is 34.9. The van der Waals surface area contributed by atoms with Gasteiger partial charge in [-0.15, -0.1) is 0 Å². The van der Waals surface area contributed by atoms with Crippen molar-refractivity contribution >= 4 is 17.7 Å². The lowest BCUT2D eigenvalue weighted by Crippen LogP contribution is -2.44. The van der Waals surface area contributed by atoms with Crippen molar-refractivity contribution in [1.82, 2.24) is 10.6 Å². The van der Waals surface area contributed by atoms with Gasteiger partial charge < -0.3 is 20.8 Å². The lowest BCUT2D eigenvalue weighted by Gasteiger charge is -2.13. The molecule has 4 N–H and O–H groups in total. The average molecular weight is 315 g/mol. The first-order valence-electron chi connectivity index (χ1n) is 6.98. The molecule has 7 nitrogen and oxygen atoms in total. The van der Waals surface area contributed by atoms with Crippen molar-refractivity contribution in [2.45, 2.75) is 19.5 Å². The first-order valence-corrected chi connectivity index (χ1v) is 6.98. The minimum absolute atomic E-state index is 0.138. The lowest BCUT2D eigenvalue weighted by molar-refractivity contribution is -0.122. The van der Waals surface area contributed by atoms with Crippen LogP contribution >= 0.6 is 0 Å². The molecule has 1 heterocycles. The third-order valence-corrected chi connectivity index (χ3v) is 3.16. The van der Waals surface area contributed by atoms with Gasteiger partial charge in [0.05, 0.1) is 6.26 Å². The summed E-state index contributed by atoms with van der Waals surface area (Å²) < 4.78 is 4.95. The fraction of sp³-hybridized carbons (Fsp3) is 0.188. The number of carbonyl (C=O) groups is 3. The van der Waals surface area contributed by atoms with Crippen molar-refractivity contribution in [2.75, 3.05) is 0 Å². The van der Waals surface area contributed by atoms with Gasteiger partial charge in [-0.3, -0.25) is 14.4 Å². The Morgan fingerprint density at radius 1 is 1.22 bits per heavy atom. The smallest absolute Gasteiger partial charge is 0.287 e. The van der Waals surface area contributed by atoms with Crippen LogP contribution < -0.4 is 16.4 Å². The van der Waals surface area contributed by atoms with Gasteiger partial charge in [0.1, 0.15) is 6.04 Å². The Morgan fingerprint density at radius 2 is 2.00 bits per heavy atom. The molecular formula is C16H17N3O4. The number of nitrogens with two attached hydrogens (primary N) is 1. The highest BCUT2D eigenvalue weighted by atomic mass is 16.3. The van der Waals surface area contributed by atoms with E-state index >= 15 is 0 Å². The maximum Gasteiger partial charge on any atom is 0.287 e. The standard InChI is InChI=1S/C16H17N3O4/c1-10(19-16(22)13-6-3-7-23-13)15(21)18-9-11-4-2-5-12(8-11)14(17)20/h2-8,10H,9H2,1H3,(H2,17,20)(H,18,21)(H,19,22). The van der Waals surface area contributed by atoms with Crippen LogP contribution in [0.15, 0.2) is 47.1 Å². The second kappa shape index (κ2) is 7.26. The summed E-state index contributed by atoms with van der Waals surface area (Å²) in [6.45, 7) is 1.79. The minimum Gasteiger partial charge on any atom is -0.459 e. The van der Waals surface area contributed by atoms with Gasteiger partial charge in [0, 0.05) is 12.1 Å². The number of benzene rings is 1. The molecule has 0 saturated heterocycles. The molecule has 0 bridgehead atoms. The van der Waals surface area contributed by atoms with Gasteiger partial charge in [0.15, 0.2) is 5.76 Å². The number of primary amides is 1. The van der Waals surface area contributed by atoms with E-state index in [4.69, 9.17) is 10.2 Å². The van der Waals surface area contributed by atoms with Gasteiger partial charge in [-0.1, -0.05) is 12.1 Å². The molecule has 0 radical (unpaired) electrons. The van der Waals surface area contributed by atoms with Crippen molar-refractivity contribution in [3.05, 3.63) is 59.5 Å². The second-order valence-corrected chi connectivity index (χ2v) is 4.95. The highest BCUT2D eigenvalue weighted by Gasteiger charge is 2.17. The predicted molar refractivity (Wildman–Crippen MR) is 82.4 cm³/mol. The SMILES string of the molecule is CC(NC(=O)c1ccco1)C(=O)NCc1cccc(C(N)=O)c1. The molecule has 0 saturated carbocycles. The molecule has 1 aromatic carbocycles. The molecule has 1 aromatic heterocycles. The number of hydrogen-bond donors (Lipinski definition) is 3. The summed E-state index contributed by atoms with van der Waals surface area (Å²) >= 11 is 0. The number of furan rings is 1. The molecule has 7 heteroatoms. The van der Waals surface area contributed by atoms with Gasteiger partial charge in [0.25, 0.3) is 5.91 Å². The Hall–Kier alpha value is -3.09. The van der Waals surface area contributed by atoms with Crippen molar-refractivity contribution in [1.29, 1.82) is 0 Å². The zero-order valence-electron chi connectivity index (χ0n) is 12.5. The van der Waals surface area contributed by atoms with Crippen LogP contribution in [0.1, 0.15) is 33.4 Å². The van der Waals surface area contributed by atoms with Crippen molar-refractivity contribution in [2.24, 2.45) is 5.73 Å². The number of amides is 3. The van der Waals surface area contributed by atoms with Crippen LogP contribution in [0.4, 0.5) is 0 Å². The number of rotatable bonds is 6. The number of hydrogen-bond acceptors (Lipinski definition) is 4. The third kappa shape index (κ3) is 4.44. The fourth-order valence-corrected chi connectivity index (χ4v) is 1.92. The maximum absolute atomic E-state index is 12.0. The summed E-state index contributed by atoms with van der Waals surface area (Å²) in [6.07, 6.45) is 1.38. The van der Waals surface area contributed by atoms with Crippen LogP contribution in [0.3, 0.4) is 0 Å². The molecule has 0 fully saturated rings. The van der Waals surface area contributed by atoms with Crippen LogP contribution in [-0.4, -0.2) is 23.8 Å². The molecule has 0 spiro atoms. The Balaban J connectivity index is 1.88. The number of nitrogens with one attached hydrogen (secondary N) is 2. The Bertz CT molecular complexity index is 710. The average Bonchev–Trinajstić information content (AvgIpc) is 3.07. The molecule has 2 rings (SSSR count). The van der Waals surface area contributed by atoms with E-state index in [1.54, 1.807) is 37.3 Å². The molecule has 0 aliphatic carbocycles. The van der Waals surface area contributed by atoms with Crippen LogP contribution in [0, 0.1) is 0 Å². The topological polar surface area (TPSA) is 114 Å². The van der Waals surface area contributed by atoms with E-state index in [0.717, 1.165) is 5.56 Å². The van der Waals surface area contributed by atoms with Gasteiger partial charge in [-0.05, 0) is 36.8 Å². The Kier molecular flexibility index (Phi) is 5.14. The van der Waals surface area contributed by atoms with E-state index in [0.29, 0.717) is 5.56 Å². The highest BCUT2D eigenvalue weighted by molar-refractivity contribution is 5.95. The van der Waals surface area contributed by atoms with Crippen molar-refractivity contribution in [3.63, 3.8) is 0 Å². The highest BCUT2D eigenvalue weighted by Crippen LogP contribution is 2.05. The van der Waals surface area contributed by atoms with E-state index in [-0.39, 0.29) is 18.2 Å². The third-order valence-electron chi connectivity index (χ3n) is 3.16. The van der Waals surface area contributed by atoms with Crippen molar-refractivity contribution in [3.8, 4) is 0 Å². The molecular weight excluding hydrogens is 298 g/mol. The fourth-order valence-electron chi connectivity index (χ4n) is 1.92. The first kappa shape index (κ1) is 16.3. The van der Waals surface area contributed by atoms with Crippen molar-refractivity contribution < 1.29 is 18.8 Å².